The number of benzene rings is 1. The fourth-order valence-electron chi connectivity index (χ4n) is 2.84. The maximum absolute atomic E-state index is 12.6. The number of amides is 1. The van der Waals surface area contributed by atoms with Gasteiger partial charge < -0.3 is 4.90 Å². The largest absolute Gasteiger partial charge is 0.340 e. The summed E-state index contributed by atoms with van der Waals surface area (Å²) >= 11 is 0. The standard InChI is InChI=1S/C16H21N5O3S/c1-14(21-13-17-12-18-21)11-16(22)19-7-9-20(10-8-19)25(23,24)15-5-3-2-4-6-15/h2-6,12-14H,7-11H2,1H3/t14-/m1/s1. The molecule has 1 atom stereocenters. The van der Waals surface area contributed by atoms with Gasteiger partial charge in [-0.1, -0.05) is 18.2 Å². The van der Waals surface area contributed by atoms with E-state index >= 15 is 0 Å². The summed E-state index contributed by atoms with van der Waals surface area (Å²) in [6, 6.07) is 8.29. The van der Waals surface area contributed by atoms with E-state index in [9.17, 15) is 13.2 Å². The van der Waals surface area contributed by atoms with Gasteiger partial charge in [-0.3, -0.25) is 4.79 Å². The highest BCUT2D eigenvalue weighted by Crippen LogP contribution is 2.18. The highest BCUT2D eigenvalue weighted by Gasteiger charge is 2.30. The van der Waals surface area contributed by atoms with E-state index in [1.54, 1.807) is 46.2 Å². The molecular formula is C16H21N5O3S. The summed E-state index contributed by atoms with van der Waals surface area (Å²) in [5.41, 5.74) is 0. The zero-order valence-electron chi connectivity index (χ0n) is 14.0. The molecule has 25 heavy (non-hydrogen) atoms. The van der Waals surface area contributed by atoms with Crippen LogP contribution in [0.15, 0.2) is 47.9 Å². The molecule has 1 aliphatic heterocycles. The Morgan fingerprint density at radius 1 is 1.16 bits per heavy atom. The minimum absolute atomic E-state index is 0.000223. The van der Waals surface area contributed by atoms with Crippen molar-refractivity contribution in [3.05, 3.63) is 43.0 Å². The normalized spacial score (nSPS) is 17.4. The lowest BCUT2D eigenvalue weighted by Gasteiger charge is -2.34. The molecule has 8 nitrogen and oxygen atoms in total. The lowest BCUT2D eigenvalue weighted by Crippen LogP contribution is -2.50. The van der Waals surface area contributed by atoms with Crippen molar-refractivity contribution in [2.45, 2.75) is 24.3 Å². The fourth-order valence-corrected chi connectivity index (χ4v) is 4.28. The maximum atomic E-state index is 12.6. The van der Waals surface area contributed by atoms with Gasteiger partial charge in [-0.25, -0.2) is 18.1 Å². The van der Waals surface area contributed by atoms with Crippen molar-refractivity contribution in [2.24, 2.45) is 0 Å². The third-order valence-corrected chi connectivity index (χ3v) is 6.24. The Balaban J connectivity index is 1.57. The molecule has 9 heteroatoms. The number of carbonyl (C=O) groups is 1. The first-order valence-electron chi connectivity index (χ1n) is 8.15. The molecule has 134 valence electrons. The van der Waals surface area contributed by atoms with Gasteiger partial charge in [0.15, 0.2) is 0 Å². The Bertz CT molecular complexity index is 800. The Hall–Kier alpha value is -2.26. The van der Waals surface area contributed by atoms with Crippen LogP contribution in [0.3, 0.4) is 0 Å². The van der Waals surface area contributed by atoms with Crippen LogP contribution in [0.1, 0.15) is 19.4 Å². The molecular weight excluding hydrogens is 342 g/mol. The molecule has 3 rings (SSSR count). The average Bonchev–Trinajstić information content (AvgIpc) is 3.17. The third kappa shape index (κ3) is 3.88. The van der Waals surface area contributed by atoms with Gasteiger partial charge in [0.1, 0.15) is 12.7 Å². The first-order valence-corrected chi connectivity index (χ1v) is 9.59. The Labute approximate surface area is 147 Å². The highest BCUT2D eigenvalue weighted by molar-refractivity contribution is 7.89. The molecule has 1 fully saturated rings. The van der Waals surface area contributed by atoms with Crippen LogP contribution in [0.5, 0.6) is 0 Å². The van der Waals surface area contributed by atoms with Gasteiger partial charge in [-0.05, 0) is 19.1 Å². The molecule has 0 unspecified atom stereocenters. The maximum Gasteiger partial charge on any atom is 0.243 e. The molecule has 1 amide bonds. The fraction of sp³-hybridized carbons (Fsp3) is 0.438. The monoisotopic (exact) mass is 363 g/mol. The number of carbonyl (C=O) groups excluding carboxylic acids is 1. The molecule has 0 radical (unpaired) electrons. The van der Waals surface area contributed by atoms with Gasteiger partial charge in [0.2, 0.25) is 15.9 Å². The minimum Gasteiger partial charge on any atom is -0.340 e. The summed E-state index contributed by atoms with van der Waals surface area (Å²) in [5, 5.41) is 4.04. The van der Waals surface area contributed by atoms with Gasteiger partial charge in [-0.2, -0.15) is 9.40 Å². The Morgan fingerprint density at radius 3 is 2.44 bits per heavy atom. The lowest BCUT2D eigenvalue weighted by molar-refractivity contribution is -0.133. The van der Waals surface area contributed by atoms with Crippen LogP contribution in [0.2, 0.25) is 0 Å². The summed E-state index contributed by atoms with van der Waals surface area (Å²) in [5.74, 6) is -0.000223. The van der Waals surface area contributed by atoms with Crippen LogP contribution in [0.25, 0.3) is 0 Å². The first kappa shape index (κ1) is 17.6. The van der Waals surface area contributed by atoms with E-state index in [0.29, 0.717) is 32.6 Å². The molecule has 1 saturated heterocycles. The van der Waals surface area contributed by atoms with E-state index < -0.39 is 10.0 Å². The molecule has 2 aromatic rings. The summed E-state index contributed by atoms with van der Waals surface area (Å²) < 4.78 is 28.3. The number of rotatable bonds is 5. The van der Waals surface area contributed by atoms with E-state index in [1.807, 2.05) is 6.92 Å². The zero-order chi connectivity index (χ0) is 17.9. The molecule has 0 aliphatic carbocycles. The van der Waals surface area contributed by atoms with Crippen molar-refractivity contribution in [1.29, 1.82) is 0 Å². The molecule has 1 aliphatic rings. The van der Waals surface area contributed by atoms with E-state index in [-0.39, 0.29) is 16.8 Å². The SMILES string of the molecule is C[C@H](CC(=O)N1CCN(S(=O)(=O)c2ccccc2)CC1)n1cncn1. The molecule has 1 aromatic heterocycles. The van der Waals surface area contributed by atoms with E-state index in [0.717, 1.165) is 0 Å². The van der Waals surface area contributed by atoms with Crippen molar-refractivity contribution >= 4 is 15.9 Å². The lowest BCUT2D eigenvalue weighted by atomic mass is 10.2. The van der Waals surface area contributed by atoms with Gasteiger partial charge in [-0.15, -0.1) is 0 Å². The molecule has 0 bridgehead atoms. The van der Waals surface area contributed by atoms with Crippen LogP contribution in [0, 0.1) is 0 Å². The van der Waals surface area contributed by atoms with E-state index in [1.165, 1.54) is 10.6 Å². The minimum atomic E-state index is -3.50. The Kier molecular flexibility index (Phi) is 5.14. The molecule has 0 N–H and O–H groups in total. The van der Waals surface area contributed by atoms with Crippen molar-refractivity contribution in [1.82, 2.24) is 24.0 Å². The number of hydrogen-bond donors (Lipinski definition) is 0. The molecule has 0 saturated carbocycles. The van der Waals surface area contributed by atoms with Crippen molar-refractivity contribution in [2.75, 3.05) is 26.2 Å². The molecule has 1 aromatic carbocycles. The van der Waals surface area contributed by atoms with Crippen LogP contribution < -0.4 is 0 Å². The van der Waals surface area contributed by atoms with Crippen molar-refractivity contribution in [3.63, 3.8) is 0 Å². The smallest absolute Gasteiger partial charge is 0.243 e. The summed E-state index contributed by atoms with van der Waals surface area (Å²) in [7, 11) is -3.50. The topological polar surface area (TPSA) is 88.4 Å². The predicted molar refractivity (Wildman–Crippen MR) is 91.1 cm³/mol. The summed E-state index contributed by atoms with van der Waals surface area (Å²) in [4.78, 5) is 18.3. The predicted octanol–water partition coefficient (Wildman–Crippen LogP) is 0.762. The number of nitrogens with zero attached hydrogens (tertiary/aromatic N) is 5. The second-order valence-corrected chi connectivity index (χ2v) is 7.96. The highest BCUT2D eigenvalue weighted by atomic mass is 32.2. The number of piperazine rings is 1. The van der Waals surface area contributed by atoms with Crippen LogP contribution >= 0.6 is 0 Å². The van der Waals surface area contributed by atoms with Crippen LogP contribution in [-0.4, -0.2) is 64.5 Å². The van der Waals surface area contributed by atoms with Gasteiger partial charge in [0.25, 0.3) is 0 Å². The zero-order valence-corrected chi connectivity index (χ0v) is 14.8. The number of aromatic nitrogens is 3. The van der Waals surface area contributed by atoms with Gasteiger partial charge in [0.05, 0.1) is 10.9 Å². The third-order valence-electron chi connectivity index (χ3n) is 4.33. The molecule has 0 spiro atoms. The summed E-state index contributed by atoms with van der Waals surface area (Å²) in [6.07, 6.45) is 3.34. The quantitative estimate of drug-likeness (QED) is 0.783. The number of hydrogen-bond acceptors (Lipinski definition) is 5. The molecule has 2 heterocycles. The first-order chi connectivity index (χ1) is 12.0. The average molecular weight is 363 g/mol. The van der Waals surface area contributed by atoms with E-state index in [2.05, 4.69) is 10.1 Å². The van der Waals surface area contributed by atoms with Crippen molar-refractivity contribution < 1.29 is 13.2 Å². The van der Waals surface area contributed by atoms with Crippen LogP contribution in [0.4, 0.5) is 0 Å². The van der Waals surface area contributed by atoms with E-state index in [4.69, 9.17) is 0 Å². The van der Waals surface area contributed by atoms with Gasteiger partial charge in [0, 0.05) is 32.6 Å². The summed E-state index contributed by atoms with van der Waals surface area (Å²) in [6.45, 7) is 3.31. The number of sulfonamides is 1. The van der Waals surface area contributed by atoms with Crippen LogP contribution in [-0.2, 0) is 14.8 Å². The second kappa shape index (κ2) is 7.32. The van der Waals surface area contributed by atoms with Crippen molar-refractivity contribution in [3.8, 4) is 0 Å². The van der Waals surface area contributed by atoms with Gasteiger partial charge >= 0.3 is 0 Å². The second-order valence-electron chi connectivity index (χ2n) is 6.03. The Morgan fingerprint density at radius 2 is 1.84 bits per heavy atom.